The molecule has 2 heteroatoms. The zero-order chi connectivity index (χ0) is 14.9. The molecule has 0 fully saturated rings. The highest BCUT2D eigenvalue weighted by Gasteiger charge is 2.08. The minimum Gasteiger partial charge on any atom is -0.0928 e. The number of hydrogen-bond donors (Lipinski definition) is 0. The van der Waals surface area contributed by atoms with Gasteiger partial charge in [-0.1, -0.05) is 116 Å². The summed E-state index contributed by atoms with van der Waals surface area (Å²) in [6, 6.07) is 0. The lowest BCUT2D eigenvalue weighted by atomic mass is 9.90. The summed E-state index contributed by atoms with van der Waals surface area (Å²) in [5, 5.41) is 2.36. The van der Waals surface area contributed by atoms with Gasteiger partial charge in [-0.2, -0.15) is 0 Å². The van der Waals surface area contributed by atoms with Crippen LogP contribution in [-0.2, 0) is 0 Å². The molecule has 0 heterocycles. The molecule has 0 aromatic rings. The van der Waals surface area contributed by atoms with Gasteiger partial charge in [0.2, 0.25) is 0 Å². The summed E-state index contributed by atoms with van der Waals surface area (Å²) in [6.07, 6.45) is 20.1. The van der Waals surface area contributed by atoms with Crippen molar-refractivity contribution < 1.29 is 0 Å². The Kier molecular flexibility index (Phi) is 18.9. The van der Waals surface area contributed by atoms with Crippen LogP contribution in [0.5, 0.6) is 0 Å². The fourth-order valence-electron chi connectivity index (χ4n) is 2.88. The maximum Gasteiger partial charge on any atom is 0.00313 e. The first-order chi connectivity index (χ1) is 9.85. The molecule has 0 saturated heterocycles. The Balaban J connectivity index is 3.67. The molecule has 0 bridgehead atoms. The van der Waals surface area contributed by atoms with Crippen molar-refractivity contribution in [2.24, 2.45) is 5.92 Å². The summed E-state index contributed by atoms with van der Waals surface area (Å²) in [4.78, 5) is 0. The van der Waals surface area contributed by atoms with Crippen molar-refractivity contribution in [3.05, 3.63) is 0 Å². The van der Waals surface area contributed by atoms with Gasteiger partial charge in [-0.05, 0) is 18.8 Å². The van der Waals surface area contributed by atoms with Crippen LogP contribution in [-0.4, -0.2) is 10.7 Å². The number of halogens is 2. The van der Waals surface area contributed by atoms with Crippen molar-refractivity contribution in [1.29, 1.82) is 0 Å². The lowest BCUT2D eigenvalue weighted by molar-refractivity contribution is 0.370. The fourth-order valence-corrected chi connectivity index (χ4v) is 3.67. The van der Waals surface area contributed by atoms with Gasteiger partial charge in [-0.15, -0.1) is 0 Å². The molecule has 0 saturated carbocycles. The second-order valence-electron chi connectivity index (χ2n) is 6.15. The van der Waals surface area contributed by atoms with Gasteiger partial charge in [0.25, 0.3) is 0 Å². The molecular formula is C18H36Br2. The van der Waals surface area contributed by atoms with E-state index in [0.717, 1.165) is 5.92 Å². The first-order valence-corrected chi connectivity index (χ1v) is 11.2. The van der Waals surface area contributed by atoms with E-state index in [4.69, 9.17) is 0 Å². The van der Waals surface area contributed by atoms with Crippen LogP contribution in [0, 0.1) is 5.92 Å². The molecule has 0 aliphatic carbocycles. The van der Waals surface area contributed by atoms with Gasteiger partial charge in [0.15, 0.2) is 0 Å². The third-order valence-electron chi connectivity index (χ3n) is 4.21. The van der Waals surface area contributed by atoms with Gasteiger partial charge in [0.1, 0.15) is 0 Å². The zero-order valence-corrected chi connectivity index (χ0v) is 16.8. The van der Waals surface area contributed by atoms with Crippen molar-refractivity contribution in [2.75, 3.05) is 10.7 Å². The van der Waals surface area contributed by atoms with E-state index in [-0.39, 0.29) is 0 Å². The van der Waals surface area contributed by atoms with Gasteiger partial charge in [0.05, 0.1) is 0 Å². The Morgan fingerprint density at radius 3 is 1.40 bits per heavy atom. The van der Waals surface area contributed by atoms with E-state index < -0.39 is 0 Å². The van der Waals surface area contributed by atoms with Crippen molar-refractivity contribution >= 4 is 31.9 Å². The fraction of sp³-hybridized carbons (Fsp3) is 1.00. The van der Waals surface area contributed by atoms with Crippen LogP contribution in [0.15, 0.2) is 0 Å². The predicted molar refractivity (Wildman–Crippen MR) is 101 cm³/mol. The van der Waals surface area contributed by atoms with Gasteiger partial charge in [-0.25, -0.2) is 0 Å². The molecular weight excluding hydrogens is 376 g/mol. The number of unbranched alkanes of at least 4 members (excludes halogenated alkanes) is 8. The quantitative estimate of drug-likeness (QED) is 0.179. The molecule has 0 aliphatic rings. The zero-order valence-electron chi connectivity index (χ0n) is 13.6. The number of rotatable bonds is 16. The average Bonchev–Trinajstić information content (AvgIpc) is 2.47. The molecule has 122 valence electrons. The van der Waals surface area contributed by atoms with Crippen LogP contribution in [0.3, 0.4) is 0 Å². The van der Waals surface area contributed by atoms with Crippen molar-refractivity contribution in [3.8, 4) is 0 Å². The average molecular weight is 412 g/mol. The highest BCUT2D eigenvalue weighted by atomic mass is 79.9. The minimum absolute atomic E-state index is 1.02. The molecule has 0 aromatic carbocycles. The molecule has 0 rings (SSSR count). The maximum absolute atomic E-state index is 3.54. The second-order valence-corrected chi connectivity index (χ2v) is 7.73. The van der Waals surface area contributed by atoms with E-state index in [1.165, 1.54) is 101 Å². The summed E-state index contributed by atoms with van der Waals surface area (Å²) in [5.41, 5.74) is 0. The van der Waals surface area contributed by atoms with Gasteiger partial charge >= 0.3 is 0 Å². The third kappa shape index (κ3) is 15.4. The molecule has 0 N–H and O–H groups in total. The second kappa shape index (κ2) is 18.0. The van der Waals surface area contributed by atoms with Crippen molar-refractivity contribution in [1.82, 2.24) is 0 Å². The van der Waals surface area contributed by atoms with E-state index in [0.29, 0.717) is 0 Å². The smallest absolute Gasteiger partial charge is 0.00313 e. The molecule has 1 unspecified atom stereocenters. The van der Waals surface area contributed by atoms with E-state index in [1.807, 2.05) is 0 Å². The lowest BCUT2D eigenvalue weighted by Crippen LogP contribution is -2.01. The minimum atomic E-state index is 1.02. The maximum atomic E-state index is 3.54. The monoisotopic (exact) mass is 410 g/mol. The van der Waals surface area contributed by atoms with E-state index in [2.05, 4.69) is 38.8 Å². The summed E-state index contributed by atoms with van der Waals surface area (Å²) < 4.78 is 0. The van der Waals surface area contributed by atoms with Crippen molar-refractivity contribution in [2.45, 2.75) is 96.8 Å². The summed E-state index contributed by atoms with van der Waals surface area (Å²) in [5.74, 6) is 1.02. The molecule has 0 spiro atoms. The van der Waals surface area contributed by atoms with Crippen molar-refractivity contribution in [3.63, 3.8) is 0 Å². The molecule has 0 radical (unpaired) electrons. The van der Waals surface area contributed by atoms with E-state index >= 15 is 0 Å². The highest BCUT2D eigenvalue weighted by molar-refractivity contribution is 9.09. The Bertz CT molecular complexity index is 159. The van der Waals surface area contributed by atoms with Crippen LogP contribution < -0.4 is 0 Å². The molecule has 0 aliphatic heterocycles. The van der Waals surface area contributed by atoms with Crippen LogP contribution in [0.1, 0.15) is 96.8 Å². The molecule has 0 amide bonds. The Morgan fingerprint density at radius 2 is 0.950 bits per heavy atom. The topological polar surface area (TPSA) is 0 Å². The Labute approximate surface area is 145 Å². The predicted octanol–water partition coefficient (Wildman–Crippen LogP) is 7.87. The third-order valence-corrected chi connectivity index (χ3v) is 5.33. The normalized spacial score (nSPS) is 12.8. The lowest BCUT2D eigenvalue weighted by Gasteiger charge is -2.17. The van der Waals surface area contributed by atoms with Gasteiger partial charge in [-0.3, -0.25) is 0 Å². The molecule has 0 aromatic heterocycles. The van der Waals surface area contributed by atoms with Crippen LogP contribution >= 0.6 is 31.9 Å². The van der Waals surface area contributed by atoms with Crippen LogP contribution in [0.25, 0.3) is 0 Å². The van der Waals surface area contributed by atoms with E-state index in [9.17, 15) is 0 Å². The summed E-state index contributed by atoms with van der Waals surface area (Å²) in [6.45, 7) is 2.31. The summed E-state index contributed by atoms with van der Waals surface area (Å²) >= 11 is 7.06. The first-order valence-electron chi connectivity index (χ1n) is 8.97. The molecule has 1 atom stereocenters. The summed E-state index contributed by atoms with van der Waals surface area (Å²) in [7, 11) is 0. The standard InChI is InChI=1S/C18H36Br2/c1-2-3-4-8-13-18(15-10-7-12-17-20)14-9-5-6-11-16-19/h18H,2-17H2,1H3. The highest BCUT2D eigenvalue weighted by Crippen LogP contribution is 2.24. The van der Waals surface area contributed by atoms with E-state index in [1.54, 1.807) is 0 Å². The van der Waals surface area contributed by atoms with Crippen LogP contribution in [0.2, 0.25) is 0 Å². The Hall–Kier alpha value is 0.960. The van der Waals surface area contributed by atoms with Crippen LogP contribution in [0.4, 0.5) is 0 Å². The molecule has 20 heavy (non-hydrogen) atoms. The first kappa shape index (κ1) is 21.0. The van der Waals surface area contributed by atoms with Gasteiger partial charge < -0.3 is 0 Å². The SMILES string of the molecule is CCCCCCC(CCCCCBr)CCCCCCBr. The van der Waals surface area contributed by atoms with Gasteiger partial charge in [0, 0.05) is 10.7 Å². The number of alkyl halides is 2. The number of hydrogen-bond acceptors (Lipinski definition) is 0. The largest absolute Gasteiger partial charge is 0.0928 e. The molecule has 0 nitrogen and oxygen atoms in total. The Morgan fingerprint density at radius 1 is 0.550 bits per heavy atom.